The first-order chi connectivity index (χ1) is 15.7. The molecule has 6 nitrogen and oxygen atoms in total. The maximum atomic E-state index is 14.1. The minimum atomic E-state index is -2.64. The average Bonchev–Trinajstić information content (AvgIpc) is 3.22. The summed E-state index contributed by atoms with van der Waals surface area (Å²) in [5.74, 6) is -2.69. The van der Waals surface area contributed by atoms with Crippen molar-refractivity contribution in [1.29, 1.82) is 0 Å². The Bertz CT molecular complexity index is 1480. The number of fused-ring (bicyclic) bond motifs is 4. The number of carbonyl (C=O) groups excluding carboxylic acids is 1. The fraction of sp³-hybridized carbons (Fsp3) is 0.217. The Hall–Kier alpha value is -3.66. The molecule has 3 aromatic heterocycles. The molecule has 0 fully saturated rings. The van der Waals surface area contributed by atoms with Crippen LogP contribution in [-0.2, 0) is 11.3 Å². The zero-order chi connectivity index (χ0) is 23.4. The van der Waals surface area contributed by atoms with E-state index in [1.807, 2.05) is 0 Å². The van der Waals surface area contributed by atoms with E-state index in [1.165, 1.54) is 40.9 Å². The quantitative estimate of drug-likeness (QED) is 0.464. The lowest BCUT2D eigenvalue weighted by molar-refractivity contribution is 0.0336. The number of rotatable bonds is 3. The Kier molecular flexibility index (Phi) is 4.97. The van der Waals surface area contributed by atoms with Gasteiger partial charge in [0.25, 0.3) is 17.9 Å². The van der Waals surface area contributed by atoms with Crippen LogP contribution in [-0.4, -0.2) is 33.8 Å². The number of ether oxygens (including phenoxy) is 1. The molecule has 1 N–H and O–H groups in total. The molecule has 33 heavy (non-hydrogen) atoms. The summed E-state index contributed by atoms with van der Waals surface area (Å²) >= 11 is 0. The van der Waals surface area contributed by atoms with Crippen LogP contribution in [0.3, 0.4) is 0 Å². The van der Waals surface area contributed by atoms with Crippen molar-refractivity contribution >= 4 is 22.2 Å². The van der Waals surface area contributed by atoms with Gasteiger partial charge in [0.2, 0.25) is 0 Å². The van der Waals surface area contributed by atoms with Crippen molar-refractivity contribution in [3.8, 4) is 0 Å². The predicted octanol–water partition coefficient (Wildman–Crippen LogP) is 4.34. The molecule has 170 valence electrons. The monoisotopic (exact) mass is 459 g/mol. The van der Waals surface area contributed by atoms with Crippen LogP contribution >= 0.6 is 0 Å². The molecule has 1 aliphatic heterocycles. The Morgan fingerprint density at radius 2 is 1.88 bits per heavy atom. The van der Waals surface area contributed by atoms with Crippen molar-refractivity contribution in [2.24, 2.45) is 0 Å². The van der Waals surface area contributed by atoms with Gasteiger partial charge in [0.05, 0.1) is 30.2 Å². The van der Waals surface area contributed by atoms with E-state index < -0.39 is 35.6 Å². The molecule has 0 spiro atoms. The van der Waals surface area contributed by atoms with Crippen molar-refractivity contribution in [2.75, 3.05) is 13.7 Å². The van der Waals surface area contributed by atoms with Crippen LogP contribution in [0.5, 0.6) is 0 Å². The van der Waals surface area contributed by atoms with Gasteiger partial charge in [-0.2, -0.15) is 0 Å². The second-order valence-electron chi connectivity index (χ2n) is 7.93. The van der Waals surface area contributed by atoms with E-state index in [2.05, 4.69) is 4.98 Å². The third-order valence-electron chi connectivity index (χ3n) is 5.94. The molecule has 4 heterocycles. The van der Waals surface area contributed by atoms with Gasteiger partial charge in [-0.05, 0) is 35.7 Å². The molecule has 1 amide bonds. The normalized spacial score (nSPS) is 15.9. The SMILES string of the molecule is CN(C(=O)c1cc2ccc(C(F)F)cn2c1)[C@@H]1COCc2[nH]c(=O)c3cc(F)c(F)cc3c21. The maximum Gasteiger partial charge on any atom is 0.265 e. The van der Waals surface area contributed by atoms with Gasteiger partial charge in [0.1, 0.15) is 0 Å². The van der Waals surface area contributed by atoms with Crippen molar-refractivity contribution in [2.45, 2.75) is 19.1 Å². The molecule has 0 bridgehead atoms. The number of halogens is 4. The van der Waals surface area contributed by atoms with Gasteiger partial charge < -0.3 is 19.0 Å². The van der Waals surface area contributed by atoms with Crippen LogP contribution < -0.4 is 5.56 Å². The number of likely N-dealkylation sites (N-methyl/N-ethyl adjacent to an activating group) is 1. The number of aromatic amines is 1. The van der Waals surface area contributed by atoms with Gasteiger partial charge in [-0.1, -0.05) is 0 Å². The zero-order valence-corrected chi connectivity index (χ0v) is 17.2. The van der Waals surface area contributed by atoms with E-state index >= 15 is 0 Å². The van der Waals surface area contributed by atoms with Gasteiger partial charge in [0.15, 0.2) is 11.6 Å². The van der Waals surface area contributed by atoms with E-state index in [0.29, 0.717) is 16.8 Å². The number of benzene rings is 1. The van der Waals surface area contributed by atoms with E-state index in [9.17, 15) is 27.2 Å². The van der Waals surface area contributed by atoms with Crippen molar-refractivity contribution in [1.82, 2.24) is 14.3 Å². The highest BCUT2D eigenvalue weighted by molar-refractivity contribution is 5.96. The minimum absolute atomic E-state index is 0.0328. The summed E-state index contributed by atoms with van der Waals surface area (Å²) in [6.07, 6.45) is 0.0610. The highest BCUT2D eigenvalue weighted by Crippen LogP contribution is 2.34. The standard InChI is InChI=1S/C23H17F4N3O3/c1-29(23(32)12-4-13-3-2-11(21(26)27)7-30(13)8-12)19-10-33-9-18-20(19)14-5-16(24)17(25)6-15(14)22(31)28-18/h2-8,19,21H,9-10H2,1H3,(H,28,31)/t19-/m1/s1. The van der Waals surface area contributed by atoms with Crippen molar-refractivity contribution in [3.05, 3.63) is 87.1 Å². The molecule has 4 aromatic rings. The number of aromatic nitrogens is 2. The summed E-state index contributed by atoms with van der Waals surface area (Å²) in [7, 11) is 1.52. The number of pyridine rings is 2. The second-order valence-corrected chi connectivity index (χ2v) is 7.93. The lowest BCUT2D eigenvalue weighted by Crippen LogP contribution is -2.37. The number of alkyl halides is 2. The van der Waals surface area contributed by atoms with Crippen molar-refractivity contribution < 1.29 is 27.1 Å². The van der Waals surface area contributed by atoms with Crippen molar-refractivity contribution in [3.63, 3.8) is 0 Å². The second kappa shape index (κ2) is 7.73. The minimum Gasteiger partial charge on any atom is -0.373 e. The summed E-state index contributed by atoms with van der Waals surface area (Å²) < 4.78 is 60.8. The Balaban J connectivity index is 1.58. The summed E-state index contributed by atoms with van der Waals surface area (Å²) in [6, 6.07) is 5.43. The summed E-state index contributed by atoms with van der Waals surface area (Å²) in [4.78, 5) is 29.7. The summed E-state index contributed by atoms with van der Waals surface area (Å²) in [6.45, 7) is 0.114. The average molecular weight is 459 g/mol. The van der Waals surface area contributed by atoms with E-state index in [-0.39, 0.29) is 35.1 Å². The van der Waals surface area contributed by atoms with E-state index in [0.717, 1.165) is 12.1 Å². The van der Waals surface area contributed by atoms with E-state index in [1.54, 1.807) is 6.07 Å². The largest absolute Gasteiger partial charge is 0.373 e. The molecule has 1 atom stereocenters. The van der Waals surface area contributed by atoms with Gasteiger partial charge in [0, 0.05) is 41.8 Å². The smallest absolute Gasteiger partial charge is 0.265 e. The first-order valence-electron chi connectivity index (χ1n) is 10.0. The molecule has 10 heteroatoms. The highest BCUT2D eigenvalue weighted by atomic mass is 19.3. The van der Waals surface area contributed by atoms with Crippen LogP contribution in [0.4, 0.5) is 17.6 Å². The van der Waals surface area contributed by atoms with Crippen LogP contribution in [0.1, 0.15) is 39.6 Å². The molecular formula is C23H17F4N3O3. The topological polar surface area (TPSA) is 66.8 Å². The molecular weight excluding hydrogens is 442 g/mol. The van der Waals surface area contributed by atoms with Crippen LogP contribution in [0, 0.1) is 11.6 Å². The summed E-state index contributed by atoms with van der Waals surface area (Å²) in [5.41, 5.74) is 0.886. The number of hydrogen-bond donors (Lipinski definition) is 1. The fourth-order valence-corrected chi connectivity index (χ4v) is 4.27. The number of carbonyl (C=O) groups is 1. The lowest BCUT2D eigenvalue weighted by Gasteiger charge is -2.33. The number of hydrogen-bond acceptors (Lipinski definition) is 3. The zero-order valence-electron chi connectivity index (χ0n) is 17.2. The van der Waals surface area contributed by atoms with Gasteiger partial charge >= 0.3 is 0 Å². The third kappa shape index (κ3) is 3.46. The molecule has 0 saturated carbocycles. The van der Waals surface area contributed by atoms with Crippen LogP contribution in [0.25, 0.3) is 16.3 Å². The first kappa shape index (κ1) is 21.2. The Morgan fingerprint density at radius 3 is 2.61 bits per heavy atom. The molecule has 0 unspecified atom stereocenters. The van der Waals surface area contributed by atoms with Crippen LogP contribution in [0.2, 0.25) is 0 Å². The maximum absolute atomic E-state index is 14.1. The summed E-state index contributed by atoms with van der Waals surface area (Å²) in [5, 5.41) is 0.166. The molecule has 0 aliphatic carbocycles. The Morgan fingerprint density at radius 1 is 1.15 bits per heavy atom. The first-order valence-corrected chi connectivity index (χ1v) is 10.0. The molecule has 1 aliphatic rings. The molecule has 0 radical (unpaired) electrons. The number of H-pyrrole nitrogens is 1. The predicted molar refractivity (Wildman–Crippen MR) is 111 cm³/mol. The highest BCUT2D eigenvalue weighted by Gasteiger charge is 2.32. The number of amides is 1. The fourth-order valence-electron chi connectivity index (χ4n) is 4.27. The van der Waals surface area contributed by atoms with Crippen LogP contribution in [0.15, 0.2) is 47.5 Å². The number of nitrogens with one attached hydrogen (secondary N) is 1. The third-order valence-corrected chi connectivity index (χ3v) is 5.94. The lowest BCUT2D eigenvalue weighted by atomic mass is 9.95. The molecule has 5 rings (SSSR count). The molecule has 1 aromatic carbocycles. The van der Waals surface area contributed by atoms with Gasteiger partial charge in [-0.3, -0.25) is 9.59 Å². The van der Waals surface area contributed by atoms with E-state index in [4.69, 9.17) is 4.74 Å². The van der Waals surface area contributed by atoms with Gasteiger partial charge in [-0.15, -0.1) is 0 Å². The molecule has 0 saturated heterocycles. The van der Waals surface area contributed by atoms with Gasteiger partial charge in [-0.25, -0.2) is 17.6 Å². The number of nitrogens with zero attached hydrogens (tertiary/aromatic N) is 2. The Labute approximate surface area is 184 Å².